The number of amides is 2. The molecule has 8 nitrogen and oxygen atoms in total. The van der Waals surface area contributed by atoms with Gasteiger partial charge in [0.1, 0.15) is 12.4 Å². The molecule has 0 spiro atoms. The molecule has 200 valence electrons. The number of thioether (sulfide) groups is 1. The van der Waals surface area contributed by atoms with E-state index in [0.717, 1.165) is 16.8 Å². The quantitative estimate of drug-likeness (QED) is 0.464. The Labute approximate surface area is 231 Å². The van der Waals surface area contributed by atoms with E-state index in [-0.39, 0.29) is 47.6 Å². The standard InChI is InChI=1S/C28H31ClN4O4S/c1-16(2)30-22(34)13-32-23(35)14-38-25(17-9-10-20-21(11-17)37-15-36-20)24-26(28(3,4)5)31-33(27(24)32)19-8-6-7-18(29)12-19/h6-12,16,25H,13-15H2,1-5H3,(H,30,34)/t25-/m1/s1. The van der Waals surface area contributed by atoms with Crippen LogP contribution in [0.3, 0.4) is 0 Å². The van der Waals surface area contributed by atoms with Crippen molar-refractivity contribution in [2.75, 3.05) is 24.0 Å². The van der Waals surface area contributed by atoms with Crippen LogP contribution in [0.5, 0.6) is 11.5 Å². The van der Waals surface area contributed by atoms with Crippen molar-refractivity contribution >= 4 is 41.0 Å². The lowest BCUT2D eigenvalue weighted by Gasteiger charge is -2.25. The Balaban J connectivity index is 1.76. The molecule has 0 bridgehead atoms. The fourth-order valence-corrected chi connectivity index (χ4v) is 6.08. The first-order valence-corrected chi connectivity index (χ1v) is 14.0. The summed E-state index contributed by atoms with van der Waals surface area (Å²) in [6.07, 6.45) is 0. The molecule has 1 N–H and O–H groups in total. The van der Waals surface area contributed by atoms with E-state index in [1.54, 1.807) is 15.6 Å². The summed E-state index contributed by atoms with van der Waals surface area (Å²) < 4.78 is 13.0. The fourth-order valence-electron chi connectivity index (χ4n) is 4.71. The Morgan fingerprint density at radius 1 is 1.18 bits per heavy atom. The van der Waals surface area contributed by atoms with Gasteiger partial charge in [-0.1, -0.05) is 44.5 Å². The van der Waals surface area contributed by atoms with Gasteiger partial charge in [0.2, 0.25) is 18.6 Å². The predicted octanol–water partition coefficient (Wildman–Crippen LogP) is 5.25. The van der Waals surface area contributed by atoms with E-state index in [1.165, 1.54) is 11.8 Å². The molecule has 3 heterocycles. The van der Waals surface area contributed by atoms with Gasteiger partial charge in [-0.05, 0) is 49.7 Å². The smallest absolute Gasteiger partial charge is 0.240 e. The molecule has 2 amide bonds. The third-order valence-corrected chi connectivity index (χ3v) is 7.79. The van der Waals surface area contributed by atoms with E-state index in [0.29, 0.717) is 28.0 Å². The van der Waals surface area contributed by atoms with Gasteiger partial charge in [0, 0.05) is 22.0 Å². The number of ether oxygens (including phenoxy) is 2. The lowest BCUT2D eigenvalue weighted by Crippen LogP contribution is -2.44. The highest BCUT2D eigenvalue weighted by atomic mass is 35.5. The molecule has 1 aromatic heterocycles. The van der Waals surface area contributed by atoms with Crippen molar-refractivity contribution < 1.29 is 19.1 Å². The maximum Gasteiger partial charge on any atom is 0.240 e. The zero-order valence-electron chi connectivity index (χ0n) is 22.1. The molecule has 5 rings (SSSR count). The summed E-state index contributed by atoms with van der Waals surface area (Å²) in [5, 5.41) is 8.32. The molecule has 2 aliphatic rings. The normalized spacial score (nSPS) is 17.0. The molecule has 2 aromatic carbocycles. The first kappa shape index (κ1) is 26.4. The Bertz CT molecular complexity index is 1400. The van der Waals surface area contributed by atoms with Crippen LogP contribution in [-0.2, 0) is 15.0 Å². The van der Waals surface area contributed by atoms with Gasteiger partial charge in [-0.15, -0.1) is 11.8 Å². The van der Waals surface area contributed by atoms with Crippen LogP contribution in [-0.4, -0.2) is 46.7 Å². The van der Waals surface area contributed by atoms with Crippen LogP contribution in [0, 0.1) is 0 Å². The molecule has 0 radical (unpaired) electrons. The van der Waals surface area contributed by atoms with E-state index >= 15 is 0 Å². The van der Waals surface area contributed by atoms with Gasteiger partial charge in [0.15, 0.2) is 11.5 Å². The molecule has 0 saturated heterocycles. The van der Waals surface area contributed by atoms with Crippen LogP contribution in [0.2, 0.25) is 5.02 Å². The van der Waals surface area contributed by atoms with Gasteiger partial charge in [0.05, 0.1) is 22.4 Å². The average molecular weight is 555 g/mol. The topological polar surface area (TPSA) is 85.7 Å². The molecule has 0 unspecified atom stereocenters. The number of carbonyl (C=O) groups is 2. The van der Waals surface area contributed by atoms with Crippen molar-refractivity contribution in [3.63, 3.8) is 0 Å². The summed E-state index contributed by atoms with van der Waals surface area (Å²) in [6, 6.07) is 13.2. The minimum Gasteiger partial charge on any atom is -0.454 e. The highest BCUT2D eigenvalue weighted by Crippen LogP contribution is 2.50. The molecule has 3 aromatic rings. The number of anilines is 1. The minimum atomic E-state index is -0.359. The number of aromatic nitrogens is 2. The lowest BCUT2D eigenvalue weighted by atomic mass is 9.87. The lowest BCUT2D eigenvalue weighted by molar-refractivity contribution is -0.123. The fraction of sp³-hybridized carbons (Fsp3) is 0.393. The van der Waals surface area contributed by atoms with Crippen molar-refractivity contribution in [2.24, 2.45) is 0 Å². The molecule has 0 fully saturated rings. The molecule has 38 heavy (non-hydrogen) atoms. The Hall–Kier alpha value is -3.17. The number of fused-ring (bicyclic) bond motifs is 2. The number of benzene rings is 2. The van der Waals surface area contributed by atoms with Gasteiger partial charge in [-0.2, -0.15) is 5.10 Å². The van der Waals surface area contributed by atoms with Crippen molar-refractivity contribution in [1.82, 2.24) is 15.1 Å². The number of halogens is 1. The van der Waals surface area contributed by atoms with Gasteiger partial charge < -0.3 is 14.8 Å². The number of hydrogen-bond acceptors (Lipinski definition) is 6. The van der Waals surface area contributed by atoms with Gasteiger partial charge in [0.25, 0.3) is 0 Å². The molecule has 0 saturated carbocycles. The number of nitrogens with zero attached hydrogens (tertiary/aromatic N) is 3. The molecule has 1 atom stereocenters. The van der Waals surface area contributed by atoms with Crippen LogP contribution < -0.4 is 19.7 Å². The van der Waals surface area contributed by atoms with Crippen LogP contribution in [0.4, 0.5) is 5.82 Å². The number of hydrogen-bond donors (Lipinski definition) is 1. The van der Waals surface area contributed by atoms with Gasteiger partial charge in [-0.3, -0.25) is 14.5 Å². The number of rotatable bonds is 5. The zero-order chi connectivity index (χ0) is 27.2. The Morgan fingerprint density at radius 3 is 2.66 bits per heavy atom. The van der Waals surface area contributed by atoms with Crippen LogP contribution in [0.25, 0.3) is 5.69 Å². The maximum atomic E-state index is 13.7. The van der Waals surface area contributed by atoms with Crippen LogP contribution in [0.1, 0.15) is 56.7 Å². The zero-order valence-corrected chi connectivity index (χ0v) is 23.7. The monoisotopic (exact) mass is 554 g/mol. The molecular weight excluding hydrogens is 524 g/mol. The van der Waals surface area contributed by atoms with Crippen LogP contribution in [0.15, 0.2) is 42.5 Å². The molecule has 0 aliphatic carbocycles. The van der Waals surface area contributed by atoms with Crippen molar-refractivity contribution in [1.29, 1.82) is 0 Å². The number of carbonyl (C=O) groups excluding carboxylic acids is 2. The van der Waals surface area contributed by atoms with E-state index in [1.807, 2.05) is 50.2 Å². The second kappa shape index (κ2) is 10.2. The first-order chi connectivity index (χ1) is 18.0. The second-order valence-corrected chi connectivity index (χ2v) is 12.3. The molecule has 10 heteroatoms. The highest BCUT2D eigenvalue weighted by Gasteiger charge is 2.40. The van der Waals surface area contributed by atoms with E-state index in [4.69, 9.17) is 26.2 Å². The predicted molar refractivity (Wildman–Crippen MR) is 150 cm³/mol. The first-order valence-electron chi connectivity index (χ1n) is 12.5. The summed E-state index contributed by atoms with van der Waals surface area (Å²) >= 11 is 7.90. The third kappa shape index (κ3) is 5.09. The SMILES string of the molecule is CC(C)NC(=O)CN1C(=O)CS[C@H](c2ccc3c(c2)OCO3)c2c(C(C)(C)C)nn(-c3cccc(Cl)c3)c21. The van der Waals surface area contributed by atoms with Gasteiger partial charge in [-0.25, -0.2) is 4.68 Å². The largest absolute Gasteiger partial charge is 0.454 e. The van der Waals surface area contributed by atoms with Crippen molar-refractivity contribution in [2.45, 2.75) is 51.3 Å². The minimum absolute atomic E-state index is 0.0530. The van der Waals surface area contributed by atoms with Gasteiger partial charge >= 0.3 is 0 Å². The summed E-state index contributed by atoms with van der Waals surface area (Å²) in [5.41, 5.74) is 3.05. The van der Waals surface area contributed by atoms with E-state index in [9.17, 15) is 9.59 Å². The Kier molecular flexibility index (Phi) is 7.09. The van der Waals surface area contributed by atoms with E-state index < -0.39 is 0 Å². The summed E-state index contributed by atoms with van der Waals surface area (Å²) in [7, 11) is 0. The summed E-state index contributed by atoms with van der Waals surface area (Å²) in [5.74, 6) is 1.74. The summed E-state index contributed by atoms with van der Waals surface area (Å²) in [4.78, 5) is 28.2. The van der Waals surface area contributed by atoms with E-state index in [2.05, 4.69) is 26.1 Å². The maximum absolute atomic E-state index is 13.7. The highest BCUT2D eigenvalue weighted by molar-refractivity contribution is 8.00. The second-order valence-electron chi connectivity index (χ2n) is 10.7. The third-order valence-electron chi connectivity index (χ3n) is 6.30. The van der Waals surface area contributed by atoms with Crippen LogP contribution >= 0.6 is 23.4 Å². The average Bonchev–Trinajstić information content (AvgIpc) is 3.44. The van der Waals surface area contributed by atoms with Crippen molar-refractivity contribution in [3.05, 3.63) is 64.3 Å². The Morgan fingerprint density at radius 2 is 1.95 bits per heavy atom. The number of nitrogens with one attached hydrogen (secondary N) is 1. The van der Waals surface area contributed by atoms with Crippen molar-refractivity contribution in [3.8, 4) is 17.2 Å². The summed E-state index contributed by atoms with van der Waals surface area (Å²) in [6.45, 7) is 10.2. The molecule has 2 aliphatic heterocycles. The molecular formula is C28H31ClN4O4S.